The summed E-state index contributed by atoms with van der Waals surface area (Å²) in [6, 6.07) is 23.8. The molecule has 3 aromatic carbocycles. The van der Waals surface area contributed by atoms with E-state index in [9.17, 15) is 9.00 Å². The van der Waals surface area contributed by atoms with Gasteiger partial charge in [-0.1, -0.05) is 30.3 Å². The van der Waals surface area contributed by atoms with Crippen molar-refractivity contribution in [2.75, 3.05) is 5.32 Å². The Morgan fingerprint density at radius 3 is 2.55 bits per heavy atom. The second kappa shape index (κ2) is 10.1. The zero-order valence-electron chi connectivity index (χ0n) is 16.6. The van der Waals surface area contributed by atoms with Crippen LogP contribution in [0.3, 0.4) is 0 Å². The maximum Gasteiger partial charge on any atom is 0.255 e. The minimum atomic E-state index is -1.14. The molecule has 0 aliphatic heterocycles. The molecule has 0 spiro atoms. The molecule has 5 nitrogen and oxygen atoms in total. The molecule has 156 valence electrons. The van der Waals surface area contributed by atoms with Crippen molar-refractivity contribution in [2.45, 2.75) is 17.3 Å². The number of aromatic nitrogens is 1. The summed E-state index contributed by atoms with van der Waals surface area (Å²) in [5.41, 5.74) is 4.72. The van der Waals surface area contributed by atoms with E-state index in [4.69, 9.17) is 4.74 Å². The molecular weight excluding hydrogens is 428 g/mol. The molecule has 1 aromatic heterocycles. The zero-order valence-corrected chi connectivity index (χ0v) is 18.2. The summed E-state index contributed by atoms with van der Waals surface area (Å²) in [6.07, 6.45) is 0. The van der Waals surface area contributed by atoms with E-state index < -0.39 is 10.8 Å². The predicted octanol–water partition coefficient (Wildman–Crippen LogP) is 5.28. The Morgan fingerprint density at radius 2 is 1.81 bits per heavy atom. The molecule has 4 rings (SSSR count). The summed E-state index contributed by atoms with van der Waals surface area (Å²) in [5, 5.41) is 4.83. The van der Waals surface area contributed by atoms with Crippen LogP contribution in [0.1, 0.15) is 21.6 Å². The molecule has 0 saturated heterocycles. The quantitative estimate of drug-likeness (QED) is 0.398. The lowest BCUT2D eigenvalue weighted by Gasteiger charge is -2.09. The minimum absolute atomic E-state index is 0.215. The molecule has 1 heterocycles. The van der Waals surface area contributed by atoms with E-state index >= 15 is 0 Å². The Balaban J connectivity index is 1.36. The third-order valence-corrected chi connectivity index (χ3v) is 6.50. The number of benzene rings is 3. The SMILES string of the molecule is O=C(Nc1cccc(CS(=O)c2ccccc2)c1)c1ccc(OCc2cscn2)cc1. The van der Waals surface area contributed by atoms with Gasteiger partial charge in [-0.05, 0) is 54.1 Å². The smallest absolute Gasteiger partial charge is 0.255 e. The highest BCUT2D eigenvalue weighted by atomic mass is 32.2. The number of hydrogen-bond acceptors (Lipinski definition) is 5. The van der Waals surface area contributed by atoms with Crippen LogP contribution in [0.4, 0.5) is 5.69 Å². The summed E-state index contributed by atoms with van der Waals surface area (Å²) in [4.78, 5) is 17.6. The first kappa shape index (κ1) is 21.0. The number of rotatable bonds is 8. The Bertz CT molecular complexity index is 1160. The van der Waals surface area contributed by atoms with Gasteiger partial charge in [0.2, 0.25) is 0 Å². The average molecular weight is 449 g/mol. The summed E-state index contributed by atoms with van der Waals surface area (Å²) in [6.45, 7) is 0.395. The lowest BCUT2D eigenvalue weighted by Crippen LogP contribution is -2.12. The normalized spacial score (nSPS) is 11.6. The summed E-state index contributed by atoms with van der Waals surface area (Å²) in [5.74, 6) is 0.848. The van der Waals surface area contributed by atoms with Gasteiger partial charge in [0.15, 0.2) is 0 Å². The fourth-order valence-electron chi connectivity index (χ4n) is 2.92. The first-order valence-electron chi connectivity index (χ1n) is 9.61. The molecule has 0 aliphatic carbocycles. The fourth-order valence-corrected chi connectivity index (χ4v) is 4.57. The zero-order chi connectivity index (χ0) is 21.5. The van der Waals surface area contributed by atoms with E-state index in [0.717, 1.165) is 16.2 Å². The van der Waals surface area contributed by atoms with Crippen molar-refractivity contribution >= 4 is 33.7 Å². The van der Waals surface area contributed by atoms with Crippen LogP contribution in [-0.2, 0) is 23.2 Å². The molecule has 1 atom stereocenters. The van der Waals surface area contributed by atoms with Crippen LogP contribution in [0, 0.1) is 0 Å². The fraction of sp³-hybridized carbons (Fsp3) is 0.0833. The number of anilines is 1. The number of thiazole rings is 1. The Labute approximate surface area is 187 Å². The average Bonchev–Trinajstić information content (AvgIpc) is 3.32. The van der Waals surface area contributed by atoms with Crippen LogP contribution in [0.25, 0.3) is 0 Å². The Morgan fingerprint density at radius 1 is 1.00 bits per heavy atom. The molecule has 0 saturated carbocycles. The van der Waals surface area contributed by atoms with Crippen LogP contribution in [-0.4, -0.2) is 15.1 Å². The number of carbonyl (C=O) groups excluding carboxylic acids is 1. The number of hydrogen-bond donors (Lipinski definition) is 1. The van der Waals surface area contributed by atoms with Crippen molar-refractivity contribution in [2.24, 2.45) is 0 Å². The van der Waals surface area contributed by atoms with Crippen LogP contribution in [0.15, 0.2) is 94.6 Å². The van der Waals surface area contributed by atoms with Crippen LogP contribution < -0.4 is 10.1 Å². The largest absolute Gasteiger partial charge is 0.487 e. The molecule has 4 aromatic rings. The van der Waals surface area contributed by atoms with Gasteiger partial charge in [0.25, 0.3) is 5.91 Å². The van der Waals surface area contributed by atoms with Gasteiger partial charge in [-0.2, -0.15) is 0 Å². The molecule has 7 heteroatoms. The topological polar surface area (TPSA) is 68.3 Å². The molecule has 1 N–H and O–H groups in total. The highest BCUT2D eigenvalue weighted by molar-refractivity contribution is 7.84. The number of carbonyl (C=O) groups is 1. The van der Waals surface area contributed by atoms with Crippen molar-refractivity contribution in [3.8, 4) is 5.75 Å². The van der Waals surface area contributed by atoms with E-state index in [1.807, 2.05) is 60.0 Å². The van der Waals surface area contributed by atoms with Gasteiger partial charge in [0, 0.05) is 21.5 Å². The van der Waals surface area contributed by atoms with Crippen LogP contribution >= 0.6 is 11.3 Å². The Hall–Kier alpha value is -3.29. The van der Waals surface area contributed by atoms with Gasteiger partial charge in [-0.15, -0.1) is 11.3 Å². The highest BCUT2D eigenvalue weighted by Crippen LogP contribution is 2.18. The molecule has 0 fully saturated rings. The van der Waals surface area contributed by atoms with Gasteiger partial charge >= 0.3 is 0 Å². The second-order valence-electron chi connectivity index (χ2n) is 6.75. The molecule has 31 heavy (non-hydrogen) atoms. The van der Waals surface area contributed by atoms with Crippen LogP contribution in [0.5, 0.6) is 5.75 Å². The van der Waals surface area contributed by atoms with Crippen molar-refractivity contribution in [1.82, 2.24) is 4.98 Å². The molecule has 0 radical (unpaired) electrons. The van der Waals surface area contributed by atoms with E-state index in [0.29, 0.717) is 29.4 Å². The number of nitrogens with one attached hydrogen (secondary N) is 1. The molecule has 1 unspecified atom stereocenters. The van der Waals surface area contributed by atoms with Crippen LogP contribution in [0.2, 0.25) is 0 Å². The maximum atomic E-state index is 12.6. The first-order chi connectivity index (χ1) is 15.2. The minimum Gasteiger partial charge on any atom is -0.487 e. The molecular formula is C24H20N2O3S2. The second-order valence-corrected chi connectivity index (χ2v) is 8.92. The first-order valence-corrected chi connectivity index (χ1v) is 11.9. The number of nitrogens with zero attached hydrogens (tertiary/aromatic N) is 1. The van der Waals surface area contributed by atoms with E-state index in [-0.39, 0.29) is 5.91 Å². The number of ether oxygens (including phenoxy) is 1. The van der Waals surface area contributed by atoms with Gasteiger partial charge in [-0.25, -0.2) is 4.98 Å². The molecule has 0 bridgehead atoms. The monoisotopic (exact) mass is 448 g/mol. The Kier molecular flexibility index (Phi) is 6.86. The van der Waals surface area contributed by atoms with Gasteiger partial charge in [0.1, 0.15) is 12.4 Å². The van der Waals surface area contributed by atoms with Crippen molar-refractivity contribution < 1.29 is 13.7 Å². The van der Waals surface area contributed by atoms with Gasteiger partial charge in [0.05, 0.1) is 27.8 Å². The van der Waals surface area contributed by atoms with E-state index in [2.05, 4.69) is 10.3 Å². The van der Waals surface area contributed by atoms with Gasteiger partial charge < -0.3 is 10.1 Å². The standard InChI is InChI=1S/C24H20N2O3S2/c27-24(19-9-11-22(12-10-19)29-14-21-15-30-17-25-21)26-20-6-4-5-18(13-20)16-31(28)23-7-2-1-3-8-23/h1-13,15,17H,14,16H2,(H,26,27). The van der Waals surface area contributed by atoms with Crippen molar-refractivity contribution in [1.29, 1.82) is 0 Å². The molecule has 1 amide bonds. The maximum absolute atomic E-state index is 12.6. The summed E-state index contributed by atoms with van der Waals surface area (Å²) < 4.78 is 18.2. The van der Waals surface area contributed by atoms with Gasteiger partial charge in [-0.3, -0.25) is 9.00 Å². The highest BCUT2D eigenvalue weighted by Gasteiger charge is 2.09. The lowest BCUT2D eigenvalue weighted by molar-refractivity contribution is 0.102. The van der Waals surface area contributed by atoms with Crippen molar-refractivity contribution in [3.63, 3.8) is 0 Å². The van der Waals surface area contributed by atoms with E-state index in [1.165, 1.54) is 11.3 Å². The molecule has 0 aliphatic rings. The number of amides is 1. The third-order valence-electron chi connectivity index (χ3n) is 4.48. The van der Waals surface area contributed by atoms with E-state index in [1.54, 1.807) is 29.8 Å². The lowest BCUT2D eigenvalue weighted by atomic mass is 10.2. The third kappa shape index (κ3) is 5.87. The summed E-state index contributed by atoms with van der Waals surface area (Å²) >= 11 is 1.52. The predicted molar refractivity (Wildman–Crippen MR) is 124 cm³/mol. The van der Waals surface area contributed by atoms with Crippen molar-refractivity contribution in [3.05, 3.63) is 107 Å². The summed E-state index contributed by atoms with van der Waals surface area (Å²) in [7, 11) is -1.14.